The number of amides is 2. The van der Waals surface area contributed by atoms with Crippen LogP contribution in [0.2, 0.25) is 0 Å². The van der Waals surface area contributed by atoms with E-state index >= 15 is 0 Å². The molecule has 1 atom stereocenters. The molecule has 2 rings (SSSR count). The van der Waals surface area contributed by atoms with Crippen molar-refractivity contribution in [3.63, 3.8) is 0 Å². The first-order valence-corrected chi connectivity index (χ1v) is 10.7. The average molecular weight is 401 g/mol. The molecule has 0 aliphatic rings. The summed E-state index contributed by atoms with van der Waals surface area (Å²) in [5.74, 6) is 1.21. The molecule has 2 aromatic carbocycles. The topological polar surface area (TPSA) is 67.4 Å². The molecule has 0 aliphatic carbocycles. The molecule has 2 amide bonds. The van der Waals surface area contributed by atoms with E-state index in [0.717, 1.165) is 22.6 Å². The smallest absolute Gasteiger partial charge is 0.251 e. The molecular weight excluding hydrogens is 372 g/mol. The van der Waals surface area contributed by atoms with E-state index in [1.807, 2.05) is 55.6 Å². The fourth-order valence-corrected chi connectivity index (χ4v) is 3.36. The van der Waals surface area contributed by atoms with Crippen molar-refractivity contribution in [2.45, 2.75) is 25.8 Å². The average Bonchev–Trinajstić information content (AvgIpc) is 2.71. The van der Waals surface area contributed by atoms with E-state index in [2.05, 4.69) is 10.6 Å². The minimum absolute atomic E-state index is 0.162. The second-order valence-corrected chi connectivity index (χ2v) is 7.52. The van der Waals surface area contributed by atoms with Crippen LogP contribution >= 0.6 is 11.8 Å². The molecule has 0 aliphatic heterocycles. The van der Waals surface area contributed by atoms with Crippen LogP contribution in [0.25, 0.3) is 0 Å². The number of aryl methyl sites for hydroxylation is 1. The first-order chi connectivity index (χ1) is 13.5. The Morgan fingerprint density at radius 3 is 2.64 bits per heavy atom. The van der Waals surface area contributed by atoms with Gasteiger partial charge in [-0.25, -0.2) is 0 Å². The Hall–Kier alpha value is -2.47. The maximum Gasteiger partial charge on any atom is 0.251 e. The minimum atomic E-state index is -0.557. The zero-order valence-corrected chi connectivity index (χ0v) is 17.5. The van der Waals surface area contributed by atoms with Crippen molar-refractivity contribution in [3.8, 4) is 5.75 Å². The standard InChI is InChI=1S/C22H28N2O3S/c1-16-7-6-9-18(15-16)21(25)24-19(12-14-28-3)22(26)23-13-11-17-8-4-5-10-20(17)27-2/h4-10,15,19H,11-14H2,1-3H3,(H,23,26)(H,24,25). The van der Waals surface area contributed by atoms with Crippen molar-refractivity contribution in [1.82, 2.24) is 10.6 Å². The molecule has 2 N–H and O–H groups in total. The number of para-hydroxylation sites is 1. The lowest BCUT2D eigenvalue weighted by Crippen LogP contribution is -2.47. The van der Waals surface area contributed by atoms with Crippen LogP contribution in [0.3, 0.4) is 0 Å². The van der Waals surface area contributed by atoms with Gasteiger partial charge in [0.1, 0.15) is 11.8 Å². The third-order valence-electron chi connectivity index (χ3n) is 4.40. The van der Waals surface area contributed by atoms with Crippen LogP contribution in [-0.4, -0.2) is 43.5 Å². The van der Waals surface area contributed by atoms with Gasteiger partial charge in [0, 0.05) is 12.1 Å². The second-order valence-electron chi connectivity index (χ2n) is 6.53. The quantitative estimate of drug-likeness (QED) is 0.643. The van der Waals surface area contributed by atoms with Gasteiger partial charge in [-0.2, -0.15) is 11.8 Å². The first-order valence-electron chi connectivity index (χ1n) is 9.31. The molecule has 0 bridgehead atoms. The molecule has 0 spiro atoms. The highest BCUT2D eigenvalue weighted by Crippen LogP contribution is 2.17. The molecule has 0 saturated carbocycles. The van der Waals surface area contributed by atoms with E-state index in [-0.39, 0.29) is 11.8 Å². The van der Waals surface area contributed by atoms with Gasteiger partial charge in [0.25, 0.3) is 5.91 Å². The summed E-state index contributed by atoms with van der Waals surface area (Å²) < 4.78 is 5.34. The van der Waals surface area contributed by atoms with Gasteiger partial charge in [0.2, 0.25) is 5.91 Å². The number of hydrogen-bond acceptors (Lipinski definition) is 4. The molecule has 28 heavy (non-hydrogen) atoms. The molecule has 0 aromatic heterocycles. The maximum atomic E-state index is 12.7. The lowest BCUT2D eigenvalue weighted by molar-refractivity contribution is -0.122. The highest BCUT2D eigenvalue weighted by atomic mass is 32.2. The van der Waals surface area contributed by atoms with Crippen molar-refractivity contribution < 1.29 is 14.3 Å². The summed E-state index contributed by atoms with van der Waals surface area (Å²) in [6, 6.07) is 14.5. The van der Waals surface area contributed by atoms with Crippen molar-refractivity contribution in [1.29, 1.82) is 0 Å². The van der Waals surface area contributed by atoms with Gasteiger partial charge >= 0.3 is 0 Å². The van der Waals surface area contributed by atoms with Gasteiger partial charge < -0.3 is 15.4 Å². The molecule has 5 nitrogen and oxygen atoms in total. The summed E-state index contributed by atoms with van der Waals surface area (Å²) in [6.45, 7) is 2.42. The van der Waals surface area contributed by atoms with Crippen LogP contribution < -0.4 is 15.4 Å². The van der Waals surface area contributed by atoms with Crippen molar-refractivity contribution >= 4 is 23.6 Å². The van der Waals surface area contributed by atoms with Crippen molar-refractivity contribution in [2.75, 3.05) is 25.7 Å². The molecule has 1 unspecified atom stereocenters. The third-order valence-corrected chi connectivity index (χ3v) is 5.04. The van der Waals surface area contributed by atoms with E-state index in [9.17, 15) is 9.59 Å². The summed E-state index contributed by atoms with van der Waals surface area (Å²) in [5.41, 5.74) is 2.61. The normalized spacial score (nSPS) is 11.5. The van der Waals surface area contributed by atoms with E-state index in [4.69, 9.17) is 4.74 Å². The summed E-state index contributed by atoms with van der Waals surface area (Å²) in [6.07, 6.45) is 3.23. The van der Waals surface area contributed by atoms with Gasteiger partial charge in [-0.3, -0.25) is 9.59 Å². The Morgan fingerprint density at radius 1 is 1.14 bits per heavy atom. The van der Waals surface area contributed by atoms with Gasteiger partial charge in [0.05, 0.1) is 7.11 Å². The molecular formula is C22H28N2O3S. The zero-order valence-electron chi connectivity index (χ0n) is 16.7. The molecule has 0 saturated heterocycles. The molecule has 6 heteroatoms. The largest absolute Gasteiger partial charge is 0.496 e. The monoisotopic (exact) mass is 400 g/mol. The number of carbonyl (C=O) groups is 2. The van der Waals surface area contributed by atoms with Crippen LogP contribution in [0.15, 0.2) is 48.5 Å². The molecule has 0 heterocycles. The number of hydrogen-bond donors (Lipinski definition) is 2. The fraction of sp³-hybridized carbons (Fsp3) is 0.364. The summed E-state index contributed by atoms with van der Waals surface area (Å²) in [7, 11) is 1.64. The Kier molecular flexibility index (Phi) is 8.88. The molecule has 0 radical (unpaired) electrons. The lowest BCUT2D eigenvalue weighted by atomic mass is 10.1. The second kappa shape index (κ2) is 11.4. The van der Waals surface area contributed by atoms with Gasteiger partial charge in [0.15, 0.2) is 0 Å². The fourth-order valence-electron chi connectivity index (χ4n) is 2.89. The minimum Gasteiger partial charge on any atom is -0.496 e. The van der Waals surface area contributed by atoms with Crippen LogP contribution in [0.1, 0.15) is 27.9 Å². The first kappa shape index (κ1) is 21.8. The third kappa shape index (κ3) is 6.60. The number of nitrogens with one attached hydrogen (secondary N) is 2. The Bertz CT molecular complexity index is 795. The van der Waals surface area contributed by atoms with Gasteiger partial charge in [-0.1, -0.05) is 35.9 Å². The number of rotatable bonds is 10. The van der Waals surface area contributed by atoms with Gasteiger partial charge in [-0.05, 0) is 55.5 Å². The van der Waals surface area contributed by atoms with Crippen LogP contribution in [0.5, 0.6) is 5.75 Å². The highest BCUT2D eigenvalue weighted by Gasteiger charge is 2.21. The maximum absolute atomic E-state index is 12.7. The SMILES string of the molecule is COc1ccccc1CCNC(=O)C(CCSC)NC(=O)c1cccc(C)c1. The van der Waals surface area contributed by atoms with E-state index < -0.39 is 6.04 Å². The summed E-state index contributed by atoms with van der Waals surface area (Å²) in [4.78, 5) is 25.2. The zero-order chi connectivity index (χ0) is 20.4. The van der Waals surface area contributed by atoms with E-state index in [1.165, 1.54) is 0 Å². The lowest BCUT2D eigenvalue weighted by Gasteiger charge is -2.18. The molecule has 0 fully saturated rings. The van der Waals surface area contributed by atoms with Crippen LogP contribution in [0.4, 0.5) is 0 Å². The van der Waals surface area contributed by atoms with Crippen LogP contribution in [0, 0.1) is 6.92 Å². The molecule has 150 valence electrons. The van der Waals surface area contributed by atoms with E-state index in [1.54, 1.807) is 24.9 Å². The van der Waals surface area contributed by atoms with Crippen molar-refractivity contribution in [2.24, 2.45) is 0 Å². The number of benzene rings is 2. The Morgan fingerprint density at radius 2 is 1.93 bits per heavy atom. The van der Waals surface area contributed by atoms with Crippen molar-refractivity contribution in [3.05, 3.63) is 65.2 Å². The number of carbonyl (C=O) groups excluding carboxylic acids is 2. The highest BCUT2D eigenvalue weighted by molar-refractivity contribution is 7.98. The Labute approximate surface area is 171 Å². The summed E-state index contributed by atoms with van der Waals surface area (Å²) in [5, 5.41) is 5.82. The summed E-state index contributed by atoms with van der Waals surface area (Å²) >= 11 is 1.65. The number of ether oxygens (including phenoxy) is 1. The number of methoxy groups -OCH3 is 1. The van der Waals surface area contributed by atoms with Gasteiger partial charge in [-0.15, -0.1) is 0 Å². The predicted molar refractivity (Wildman–Crippen MR) is 115 cm³/mol. The predicted octanol–water partition coefficient (Wildman–Crippen LogP) is 3.21. The van der Waals surface area contributed by atoms with E-state index in [0.29, 0.717) is 24.9 Å². The Balaban J connectivity index is 1.95. The number of thioether (sulfide) groups is 1. The molecule has 2 aromatic rings. The van der Waals surface area contributed by atoms with Crippen LogP contribution in [-0.2, 0) is 11.2 Å².